The number of hydrogen-bond acceptors (Lipinski definition) is 6. The molecule has 2 rings (SSSR count). The highest BCUT2D eigenvalue weighted by Crippen LogP contribution is 2.27. The first-order valence-corrected chi connectivity index (χ1v) is 7.16. The van der Waals surface area contributed by atoms with Gasteiger partial charge in [0, 0.05) is 18.2 Å². The fourth-order valence-corrected chi connectivity index (χ4v) is 2.55. The van der Waals surface area contributed by atoms with Gasteiger partial charge in [0.2, 0.25) is 0 Å². The first-order valence-electron chi connectivity index (χ1n) is 6.22. The molecular formula is C14H14N2O4S. The lowest BCUT2D eigenvalue weighted by Gasteiger charge is -2.12. The van der Waals surface area contributed by atoms with Gasteiger partial charge < -0.3 is 10.4 Å². The number of rotatable bonds is 6. The van der Waals surface area contributed by atoms with Gasteiger partial charge in [0.1, 0.15) is 5.69 Å². The molecule has 0 saturated heterocycles. The Hall–Kier alpha value is -2.25. The number of Topliss-reactive ketones (excluding diaryl/α,β-unsaturated/α-hetero) is 1. The summed E-state index contributed by atoms with van der Waals surface area (Å²) in [6, 6.07) is 6.04. The van der Waals surface area contributed by atoms with Crippen LogP contribution in [0.1, 0.15) is 28.9 Å². The van der Waals surface area contributed by atoms with E-state index in [0.717, 1.165) is 5.56 Å². The van der Waals surface area contributed by atoms with Crippen molar-refractivity contribution < 1.29 is 14.8 Å². The molecule has 0 bridgehead atoms. The molecule has 6 nitrogen and oxygen atoms in total. The van der Waals surface area contributed by atoms with E-state index in [2.05, 4.69) is 5.32 Å². The molecule has 1 unspecified atom stereocenters. The average molecular weight is 306 g/mol. The number of carbonyl (C=O) groups excluding carboxylic acids is 1. The zero-order chi connectivity index (χ0) is 15.4. The normalized spacial score (nSPS) is 11.9. The number of nitro groups is 1. The molecule has 2 aromatic rings. The van der Waals surface area contributed by atoms with E-state index in [1.54, 1.807) is 6.07 Å². The third-order valence-electron chi connectivity index (χ3n) is 3.01. The quantitative estimate of drug-likeness (QED) is 0.486. The highest BCUT2D eigenvalue weighted by Gasteiger charge is 2.17. The molecule has 1 atom stereocenters. The minimum Gasteiger partial charge on any atom is -0.387 e. The van der Waals surface area contributed by atoms with E-state index in [9.17, 15) is 20.0 Å². The molecule has 1 aromatic carbocycles. The van der Waals surface area contributed by atoms with Crippen LogP contribution in [0.15, 0.2) is 35.0 Å². The molecule has 0 saturated carbocycles. The topological polar surface area (TPSA) is 92.5 Å². The van der Waals surface area contributed by atoms with Crippen molar-refractivity contribution in [1.82, 2.24) is 0 Å². The number of aliphatic hydroxyl groups is 1. The molecule has 0 aliphatic heterocycles. The molecule has 0 radical (unpaired) electrons. The van der Waals surface area contributed by atoms with E-state index in [4.69, 9.17) is 0 Å². The van der Waals surface area contributed by atoms with Gasteiger partial charge in [-0.05, 0) is 41.4 Å². The van der Waals surface area contributed by atoms with Crippen molar-refractivity contribution in [3.63, 3.8) is 0 Å². The maximum absolute atomic E-state index is 11.3. The molecule has 7 heteroatoms. The number of carbonyl (C=O) groups is 1. The molecule has 0 amide bonds. The zero-order valence-corrected chi connectivity index (χ0v) is 12.1. The van der Waals surface area contributed by atoms with Crippen LogP contribution in [0.4, 0.5) is 11.4 Å². The minimum absolute atomic E-state index is 0.150. The Balaban J connectivity index is 2.16. The monoisotopic (exact) mass is 306 g/mol. The Morgan fingerprint density at radius 1 is 1.48 bits per heavy atom. The van der Waals surface area contributed by atoms with E-state index >= 15 is 0 Å². The summed E-state index contributed by atoms with van der Waals surface area (Å²) < 4.78 is 0. The van der Waals surface area contributed by atoms with Crippen LogP contribution in [-0.4, -0.2) is 22.4 Å². The van der Waals surface area contributed by atoms with Crippen LogP contribution in [-0.2, 0) is 0 Å². The van der Waals surface area contributed by atoms with Crippen LogP contribution in [0, 0.1) is 10.1 Å². The van der Waals surface area contributed by atoms with Crippen molar-refractivity contribution in [2.45, 2.75) is 13.0 Å². The minimum atomic E-state index is -0.747. The first kappa shape index (κ1) is 15.1. The molecule has 0 aliphatic carbocycles. The van der Waals surface area contributed by atoms with E-state index < -0.39 is 11.0 Å². The van der Waals surface area contributed by atoms with Crippen molar-refractivity contribution in [2.24, 2.45) is 0 Å². The maximum atomic E-state index is 11.3. The number of anilines is 1. The summed E-state index contributed by atoms with van der Waals surface area (Å²) in [6.45, 7) is 1.50. The van der Waals surface area contributed by atoms with E-state index in [1.165, 1.54) is 36.5 Å². The molecule has 0 fully saturated rings. The van der Waals surface area contributed by atoms with Gasteiger partial charge in [0.15, 0.2) is 5.78 Å². The van der Waals surface area contributed by atoms with Gasteiger partial charge in [-0.15, -0.1) is 0 Å². The SMILES string of the molecule is CC(=O)c1ccc(NCC(O)c2ccsc2)c([N+](=O)[O-])c1. The Morgan fingerprint density at radius 2 is 2.24 bits per heavy atom. The Kier molecular flexibility index (Phi) is 4.66. The highest BCUT2D eigenvalue weighted by atomic mass is 32.1. The van der Waals surface area contributed by atoms with Crippen molar-refractivity contribution in [1.29, 1.82) is 0 Å². The van der Waals surface area contributed by atoms with E-state index in [-0.39, 0.29) is 29.3 Å². The Morgan fingerprint density at radius 3 is 2.81 bits per heavy atom. The standard InChI is InChI=1S/C14H14N2O4S/c1-9(17)10-2-3-12(13(6-10)16(19)20)15-7-14(18)11-4-5-21-8-11/h2-6,8,14-15,18H,7H2,1H3. The molecule has 110 valence electrons. The molecule has 0 spiro atoms. The first-order chi connectivity index (χ1) is 9.99. The van der Waals surface area contributed by atoms with Crippen LogP contribution in [0.5, 0.6) is 0 Å². The number of benzene rings is 1. The Labute approximate surface area is 125 Å². The number of hydrogen-bond donors (Lipinski definition) is 2. The summed E-state index contributed by atoms with van der Waals surface area (Å²) in [5.74, 6) is -0.233. The predicted molar refractivity (Wildman–Crippen MR) is 80.9 cm³/mol. The fourth-order valence-electron chi connectivity index (χ4n) is 1.84. The van der Waals surface area contributed by atoms with Crippen LogP contribution in [0.25, 0.3) is 0 Å². The van der Waals surface area contributed by atoms with Gasteiger partial charge in [-0.25, -0.2) is 0 Å². The second kappa shape index (κ2) is 6.47. The average Bonchev–Trinajstić information content (AvgIpc) is 2.98. The zero-order valence-electron chi connectivity index (χ0n) is 11.3. The summed E-state index contributed by atoms with van der Waals surface area (Å²) in [6.07, 6.45) is -0.747. The van der Waals surface area contributed by atoms with Crippen molar-refractivity contribution in [3.8, 4) is 0 Å². The van der Waals surface area contributed by atoms with Crippen LogP contribution >= 0.6 is 11.3 Å². The number of thiophene rings is 1. The van der Waals surface area contributed by atoms with Gasteiger partial charge in [-0.2, -0.15) is 11.3 Å². The van der Waals surface area contributed by atoms with Crippen LogP contribution < -0.4 is 5.32 Å². The van der Waals surface area contributed by atoms with Gasteiger partial charge in [0.05, 0.1) is 11.0 Å². The van der Waals surface area contributed by atoms with Crippen LogP contribution in [0.3, 0.4) is 0 Å². The lowest BCUT2D eigenvalue weighted by Crippen LogP contribution is -2.12. The summed E-state index contributed by atoms with van der Waals surface area (Å²) >= 11 is 1.47. The molecule has 1 aromatic heterocycles. The molecule has 0 aliphatic rings. The van der Waals surface area contributed by atoms with Gasteiger partial charge >= 0.3 is 0 Å². The lowest BCUT2D eigenvalue weighted by molar-refractivity contribution is -0.384. The van der Waals surface area contributed by atoms with Gasteiger partial charge in [0.25, 0.3) is 5.69 Å². The fraction of sp³-hybridized carbons (Fsp3) is 0.214. The number of ketones is 1. The smallest absolute Gasteiger partial charge is 0.293 e. The molecule has 2 N–H and O–H groups in total. The maximum Gasteiger partial charge on any atom is 0.293 e. The van der Waals surface area contributed by atoms with Crippen molar-refractivity contribution in [3.05, 3.63) is 56.3 Å². The second-order valence-corrected chi connectivity index (χ2v) is 5.28. The lowest BCUT2D eigenvalue weighted by atomic mass is 10.1. The number of nitrogens with zero attached hydrogens (tertiary/aromatic N) is 1. The summed E-state index contributed by atoms with van der Waals surface area (Å²) in [5, 5.41) is 27.5. The van der Waals surface area contributed by atoms with Crippen molar-refractivity contribution >= 4 is 28.5 Å². The summed E-state index contributed by atoms with van der Waals surface area (Å²) in [7, 11) is 0. The largest absolute Gasteiger partial charge is 0.387 e. The number of nitrogens with one attached hydrogen (secondary N) is 1. The molecular weight excluding hydrogens is 292 g/mol. The van der Waals surface area contributed by atoms with Gasteiger partial charge in [-0.1, -0.05) is 0 Å². The number of aliphatic hydroxyl groups excluding tert-OH is 1. The Bertz CT molecular complexity index is 655. The van der Waals surface area contributed by atoms with Crippen molar-refractivity contribution in [2.75, 3.05) is 11.9 Å². The summed E-state index contributed by atoms with van der Waals surface area (Å²) in [4.78, 5) is 21.8. The van der Waals surface area contributed by atoms with E-state index in [1.807, 2.05) is 10.8 Å². The van der Waals surface area contributed by atoms with E-state index in [0.29, 0.717) is 0 Å². The molecule has 1 heterocycles. The third-order valence-corrected chi connectivity index (χ3v) is 3.72. The number of nitro benzene ring substituents is 1. The molecule has 21 heavy (non-hydrogen) atoms. The summed E-state index contributed by atoms with van der Waals surface area (Å²) in [5.41, 5.74) is 1.14. The van der Waals surface area contributed by atoms with Crippen LogP contribution in [0.2, 0.25) is 0 Å². The van der Waals surface area contributed by atoms with Gasteiger partial charge in [-0.3, -0.25) is 14.9 Å². The predicted octanol–water partition coefficient (Wildman–Crippen LogP) is 3.00. The second-order valence-electron chi connectivity index (χ2n) is 4.50. The highest BCUT2D eigenvalue weighted by molar-refractivity contribution is 7.07. The third kappa shape index (κ3) is 3.65.